The second-order valence-electron chi connectivity index (χ2n) is 2.19. The van der Waals surface area contributed by atoms with Gasteiger partial charge in [-0.25, -0.2) is 9.78 Å². The standard InChI is InChI=1S/C8H5BrFNO2/c9-6-3-1-5(8(10)11-6)2-4-7(12)13/h1-4H,(H,12,13). The van der Waals surface area contributed by atoms with Gasteiger partial charge in [-0.15, -0.1) is 0 Å². The van der Waals surface area contributed by atoms with Crippen LogP contribution < -0.4 is 0 Å². The van der Waals surface area contributed by atoms with Crippen molar-refractivity contribution in [2.75, 3.05) is 0 Å². The van der Waals surface area contributed by atoms with Gasteiger partial charge in [0.2, 0.25) is 5.95 Å². The van der Waals surface area contributed by atoms with Crippen molar-refractivity contribution in [1.29, 1.82) is 0 Å². The van der Waals surface area contributed by atoms with Crippen LogP contribution in [-0.2, 0) is 4.79 Å². The maximum absolute atomic E-state index is 12.9. The van der Waals surface area contributed by atoms with Gasteiger partial charge < -0.3 is 5.11 Å². The second-order valence-corrected chi connectivity index (χ2v) is 3.00. The Hall–Kier alpha value is -1.23. The predicted octanol–water partition coefficient (Wildman–Crippen LogP) is 2.08. The van der Waals surface area contributed by atoms with Crippen molar-refractivity contribution in [2.45, 2.75) is 0 Å². The average Bonchev–Trinajstić information content (AvgIpc) is 2.02. The second kappa shape index (κ2) is 4.13. The highest BCUT2D eigenvalue weighted by Gasteiger charge is 2.00. The summed E-state index contributed by atoms with van der Waals surface area (Å²) in [4.78, 5) is 13.6. The molecule has 0 saturated carbocycles. The molecule has 0 atom stereocenters. The van der Waals surface area contributed by atoms with E-state index in [1.165, 1.54) is 12.1 Å². The van der Waals surface area contributed by atoms with E-state index in [0.717, 1.165) is 12.2 Å². The van der Waals surface area contributed by atoms with Crippen LogP contribution in [0.15, 0.2) is 22.8 Å². The lowest BCUT2D eigenvalue weighted by molar-refractivity contribution is -0.131. The highest BCUT2D eigenvalue weighted by atomic mass is 79.9. The summed E-state index contributed by atoms with van der Waals surface area (Å²) in [6, 6.07) is 2.97. The molecule has 0 saturated heterocycles. The van der Waals surface area contributed by atoms with Gasteiger partial charge in [-0.3, -0.25) is 0 Å². The van der Waals surface area contributed by atoms with Crippen LogP contribution >= 0.6 is 15.9 Å². The number of carbonyl (C=O) groups is 1. The molecule has 0 amide bonds. The van der Waals surface area contributed by atoms with Gasteiger partial charge in [0.05, 0.1) is 0 Å². The molecule has 0 aliphatic rings. The molecule has 1 aromatic rings. The number of pyridine rings is 1. The van der Waals surface area contributed by atoms with Crippen molar-refractivity contribution in [3.05, 3.63) is 34.3 Å². The molecule has 68 valence electrons. The lowest BCUT2D eigenvalue weighted by Crippen LogP contribution is -1.90. The van der Waals surface area contributed by atoms with E-state index in [4.69, 9.17) is 5.11 Å². The Morgan fingerprint density at radius 2 is 2.31 bits per heavy atom. The summed E-state index contributed by atoms with van der Waals surface area (Å²) in [7, 11) is 0. The van der Waals surface area contributed by atoms with Crippen LogP contribution in [0.2, 0.25) is 0 Å². The number of aliphatic carboxylic acids is 1. The Labute approximate surface area is 82.0 Å². The summed E-state index contributed by atoms with van der Waals surface area (Å²) in [6.07, 6.45) is 2.01. The van der Waals surface area contributed by atoms with Crippen molar-refractivity contribution in [3.63, 3.8) is 0 Å². The van der Waals surface area contributed by atoms with Gasteiger partial charge in [0.1, 0.15) is 4.60 Å². The van der Waals surface area contributed by atoms with Crippen molar-refractivity contribution in [2.24, 2.45) is 0 Å². The molecular formula is C8H5BrFNO2. The van der Waals surface area contributed by atoms with Crippen LogP contribution in [0.25, 0.3) is 6.08 Å². The molecule has 0 aromatic carbocycles. The van der Waals surface area contributed by atoms with Crippen LogP contribution in [0.5, 0.6) is 0 Å². The molecule has 0 aliphatic carbocycles. The first-order chi connectivity index (χ1) is 6.09. The van der Waals surface area contributed by atoms with Crippen LogP contribution in [-0.4, -0.2) is 16.1 Å². The zero-order chi connectivity index (χ0) is 9.84. The summed E-state index contributed by atoms with van der Waals surface area (Å²) in [5.41, 5.74) is 0.144. The number of rotatable bonds is 2. The third-order valence-corrected chi connectivity index (χ3v) is 1.69. The van der Waals surface area contributed by atoms with Gasteiger partial charge in [0, 0.05) is 11.6 Å². The SMILES string of the molecule is O=C(O)C=Cc1ccc(Br)nc1F. The molecule has 0 unspecified atom stereocenters. The lowest BCUT2D eigenvalue weighted by Gasteiger charge is -1.94. The molecule has 3 nitrogen and oxygen atoms in total. The molecule has 1 heterocycles. The maximum atomic E-state index is 12.9. The lowest BCUT2D eigenvalue weighted by atomic mass is 10.2. The van der Waals surface area contributed by atoms with Gasteiger partial charge in [-0.2, -0.15) is 4.39 Å². The number of aromatic nitrogens is 1. The summed E-state index contributed by atoms with van der Waals surface area (Å²) in [5, 5.41) is 8.28. The van der Waals surface area contributed by atoms with Crippen LogP contribution in [0, 0.1) is 5.95 Å². The first-order valence-corrected chi connectivity index (χ1v) is 4.12. The minimum atomic E-state index is -1.12. The van der Waals surface area contributed by atoms with Crippen LogP contribution in [0.4, 0.5) is 4.39 Å². The highest BCUT2D eigenvalue weighted by Crippen LogP contribution is 2.11. The molecule has 0 fully saturated rings. The molecule has 1 N–H and O–H groups in total. The van der Waals surface area contributed by atoms with Gasteiger partial charge in [-0.05, 0) is 34.1 Å². The zero-order valence-corrected chi connectivity index (χ0v) is 7.95. The Morgan fingerprint density at radius 1 is 1.62 bits per heavy atom. The van der Waals surface area contributed by atoms with E-state index < -0.39 is 11.9 Å². The third-order valence-electron chi connectivity index (χ3n) is 1.25. The number of hydrogen-bond acceptors (Lipinski definition) is 2. The number of nitrogens with zero attached hydrogens (tertiary/aromatic N) is 1. The molecule has 1 rings (SSSR count). The van der Waals surface area contributed by atoms with Crippen molar-refractivity contribution < 1.29 is 14.3 Å². The first kappa shape index (κ1) is 9.85. The number of carboxylic acids is 1. The molecular weight excluding hydrogens is 241 g/mol. The number of hydrogen-bond donors (Lipinski definition) is 1. The van der Waals surface area contributed by atoms with Gasteiger partial charge in [0.25, 0.3) is 0 Å². The summed E-state index contributed by atoms with van der Waals surface area (Å²) in [6.45, 7) is 0. The zero-order valence-electron chi connectivity index (χ0n) is 6.37. The fourth-order valence-corrected chi connectivity index (χ4v) is 0.996. The Kier molecular flexibility index (Phi) is 3.13. The topological polar surface area (TPSA) is 50.2 Å². The summed E-state index contributed by atoms with van der Waals surface area (Å²) < 4.78 is 13.3. The molecule has 5 heteroatoms. The van der Waals surface area contributed by atoms with Crippen molar-refractivity contribution in [3.8, 4) is 0 Å². The quantitative estimate of drug-likeness (QED) is 0.642. The molecule has 0 radical (unpaired) electrons. The Balaban J connectivity index is 2.96. The number of carboxylic acid groups (broad SMARTS) is 1. The minimum absolute atomic E-state index is 0.144. The smallest absolute Gasteiger partial charge is 0.328 e. The van der Waals surface area contributed by atoms with Crippen molar-refractivity contribution >= 4 is 28.0 Å². The molecule has 13 heavy (non-hydrogen) atoms. The summed E-state index contributed by atoms with van der Waals surface area (Å²) >= 11 is 2.98. The van der Waals surface area contributed by atoms with Gasteiger partial charge >= 0.3 is 5.97 Å². The van der Waals surface area contributed by atoms with E-state index >= 15 is 0 Å². The fourth-order valence-electron chi connectivity index (χ4n) is 0.708. The molecule has 0 aliphatic heterocycles. The van der Waals surface area contributed by atoms with E-state index in [2.05, 4.69) is 20.9 Å². The van der Waals surface area contributed by atoms with Crippen molar-refractivity contribution in [1.82, 2.24) is 4.98 Å². The molecule has 1 aromatic heterocycles. The first-order valence-electron chi connectivity index (χ1n) is 3.32. The highest BCUT2D eigenvalue weighted by molar-refractivity contribution is 9.10. The van der Waals surface area contributed by atoms with E-state index in [1.54, 1.807) is 0 Å². The third kappa shape index (κ3) is 2.95. The minimum Gasteiger partial charge on any atom is -0.478 e. The average molecular weight is 246 g/mol. The normalized spacial score (nSPS) is 10.6. The van der Waals surface area contributed by atoms with E-state index in [0.29, 0.717) is 4.60 Å². The monoisotopic (exact) mass is 245 g/mol. The van der Waals surface area contributed by atoms with Gasteiger partial charge in [-0.1, -0.05) is 0 Å². The van der Waals surface area contributed by atoms with E-state index in [-0.39, 0.29) is 5.56 Å². The predicted molar refractivity (Wildman–Crippen MR) is 48.6 cm³/mol. The number of halogens is 2. The van der Waals surface area contributed by atoms with Crippen LogP contribution in [0.3, 0.4) is 0 Å². The fraction of sp³-hybridized carbons (Fsp3) is 0. The van der Waals surface area contributed by atoms with E-state index in [1.807, 2.05) is 0 Å². The maximum Gasteiger partial charge on any atom is 0.328 e. The van der Waals surface area contributed by atoms with Gasteiger partial charge in [0.15, 0.2) is 0 Å². The Morgan fingerprint density at radius 3 is 2.85 bits per heavy atom. The van der Waals surface area contributed by atoms with Crippen LogP contribution in [0.1, 0.15) is 5.56 Å². The molecule has 0 spiro atoms. The summed E-state index contributed by atoms with van der Waals surface area (Å²) in [5.74, 6) is -1.82. The largest absolute Gasteiger partial charge is 0.478 e. The Bertz CT molecular complexity index is 365. The molecule has 0 bridgehead atoms. The van der Waals surface area contributed by atoms with E-state index in [9.17, 15) is 9.18 Å².